The Labute approximate surface area is 138 Å². The van der Waals surface area contributed by atoms with Crippen molar-refractivity contribution < 1.29 is 19.8 Å². The van der Waals surface area contributed by atoms with E-state index in [0.29, 0.717) is 5.56 Å². The molecule has 0 unspecified atom stereocenters. The normalized spacial score (nSPS) is 9.48. The molecule has 122 valence electrons. The maximum absolute atomic E-state index is 10.9. The highest BCUT2D eigenvalue weighted by Crippen LogP contribution is 2.09. The summed E-state index contributed by atoms with van der Waals surface area (Å²) in [7, 11) is 0. The monoisotopic (exact) mass is 336 g/mol. The fourth-order valence-corrected chi connectivity index (χ4v) is 1.76. The van der Waals surface area contributed by atoms with Crippen LogP contribution in [0.2, 0.25) is 0 Å². The van der Waals surface area contributed by atoms with Crippen LogP contribution in [0, 0.1) is 10.1 Å². The minimum Gasteiger partial charge on any atom is -0.392 e. The lowest BCUT2D eigenvalue weighted by Crippen LogP contribution is -2.14. The predicted octanol–water partition coefficient (Wildman–Crippen LogP) is 1.96. The molecular weight excluding hydrogens is 320 g/mol. The van der Waals surface area contributed by atoms with Crippen LogP contribution in [0.25, 0.3) is 0 Å². The molecule has 0 spiro atoms. The Morgan fingerprint density at radius 3 is 2.35 bits per heavy atom. The molecular formula is C15H16N2O5S. The zero-order chi connectivity index (χ0) is 17.2. The first-order chi connectivity index (χ1) is 10.9. The third-order valence-corrected chi connectivity index (χ3v) is 3.03. The maximum Gasteiger partial charge on any atom is 0.294 e. The summed E-state index contributed by atoms with van der Waals surface area (Å²) in [4.78, 5) is 25.8. The Morgan fingerprint density at radius 1 is 1.22 bits per heavy atom. The Bertz CT molecular complexity index is 661. The van der Waals surface area contributed by atoms with E-state index in [1.165, 1.54) is 6.07 Å². The second-order valence-corrected chi connectivity index (χ2v) is 4.86. The van der Waals surface area contributed by atoms with Crippen molar-refractivity contribution in [3.63, 3.8) is 0 Å². The van der Waals surface area contributed by atoms with Gasteiger partial charge in [-0.3, -0.25) is 4.79 Å². The molecule has 0 atom stereocenters. The van der Waals surface area contributed by atoms with Gasteiger partial charge in [0.1, 0.15) is 6.61 Å². The number of aliphatic hydroxyl groups is 1. The second-order valence-electron chi connectivity index (χ2n) is 4.34. The summed E-state index contributed by atoms with van der Waals surface area (Å²) in [5.74, 6) is -0.632. The van der Waals surface area contributed by atoms with E-state index in [-0.39, 0.29) is 18.8 Å². The number of amides is 1. The van der Waals surface area contributed by atoms with E-state index in [2.05, 4.69) is 17.5 Å². The zero-order valence-electron chi connectivity index (χ0n) is 12.1. The molecule has 8 heteroatoms. The lowest BCUT2D eigenvalue weighted by atomic mass is 10.1. The molecule has 1 amide bonds. The van der Waals surface area contributed by atoms with E-state index in [0.717, 1.165) is 10.5 Å². The van der Waals surface area contributed by atoms with Gasteiger partial charge in [0.05, 0.1) is 6.61 Å². The standard InChI is InChI=1S/C8H8N2O4.C7H8OS/c9-8(11)7-4-2-1-3-6(7)5-14-10(12)13;8-5-6-1-3-7(9)4-2-6/h1-4H,5H2,(H2,9,11);1-4,8-9H,5H2. The molecule has 0 aliphatic rings. The van der Waals surface area contributed by atoms with Crippen LogP contribution in [-0.4, -0.2) is 16.1 Å². The van der Waals surface area contributed by atoms with Gasteiger partial charge in [-0.1, -0.05) is 30.3 Å². The average molecular weight is 336 g/mol. The third kappa shape index (κ3) is 6.81. The van der Waals surface area contributed by atoms with E-state index >= 15 is 0 Å². The molecule has 0 radical (unpaired) electrons. The molecule has 0 aliphatic carbocycles. The van der Waals surface area contributed by atoms with Crippen LogP contribution in [0.5, 0.6) is 0 Å². The van der Waals surface area contributed by atoms with Gasteiger partial charge in [-0.2, -0.15) is 0 Å². The fraction of sp³-hybridized carbons (Fsp3) is 0.133. The molecule has 0 aliphatic heterocycles. The van der Waals surface area contributed by atoms with Crippen LogP contribution < -0.4 is 5.73 Å². The summed E-state index contributed by atoms with van der Waals surface area (Å²) in [5, 5.41) is 17.6. The Balaban J connectivity index is 0.000000253. The van der Waals surface area contributed by atoms with Gasteiger partial charge in [0.2, 0.25) is 5.91 Å². The van der Waals surface area contributed by atoms with Crippen molar-refractivity contribution in [1.29, 1.82) is 0 Å². The number of primary amides is 1. The molecule has 0 heterocycles. The highest BCUT2D eigenvalue weighted by atomic mass is 32.1. The van der Waals surface area contributed by atoms with Crippen LogP contribution in [0.15, 0.2) is 53.4 Å². The fourth-order valence-electron chi connectivity index (χ4n) is 1.61. The van der Waals surface area contributed by atoms with Crippen LogP contribution in [0.4, 0.5) is 0 Å². The third-order valence-electron chi connectivity index (χ3n) is 2.73. The molecule has 3 N–H and O–H groups in total. The van der Waals surface area contributed by atoms with Crippen LogP contribution >= 0.6 is 12.6 Å². The van der Waals surface area contributed by atoms with Crippen molar-refractivity contribution in [3.05, 3.63) is 75.3 Å². The van der Waals surface area contributed by atoms with E-state index in [4.69, 9.17) is 10.8 Å². The summed E-state index contributed by atoms with van der Waals surface area (Å²) >= 11 is 4.09. The predicted molar refractivity (Wildman–Crippen MR) is 86.4 cm³/mol. The van der Waals surface area contributed by atoms with Gasteiger partial charge in [-0.25, -0.2) is 0 Å². The lowest BCUT2D eigenvalue weighted by Gasteiger charge is -2.04. The number of nitrogens with two attached hydrogens (primary N) is 1. The van der Waals surface area contributed by atoms with E-state index in [9.17, 15) is 14.9 Å². The van der Waals surface area contributed by atoms with E-state index < -0.39 is 11.0 Å². The van der Waals surface area contributed by atoms with Gasteiger partial charge < -0.3 is 15.7 Å². The Kier molecular flexibility index (Phi) is 7.58. The lowest BCUT2D eigenvalue weighted by molar-refractivity contribution is -0.763. The summed E-state index contributed by atoms with van der Waals surface area (Å²) in [5.41, 5.74) is 6.61. The minimum absolute atomic E-state index is 0.105. The summed E-state index contributed by atoms with van der Waals surface area (Å²) in [6.45, 7) is -0.166. The maximum atomic E-state index is 10.9. The van der Waals surface area contributed by atoms with Crippen molar-refractivity contribution in [2.75, 3.05) is 0 Å². The smallest absolute Gasteiger partial charge is 0.294 e. The Hall–Kier alpha value is -2.58. The van der Waals surface area contributed by atoms with Crippen LogP contribution in [0.3, 0.4) is 0 Å². The minimum atomic E-state index is -0.919. The van der Waals surface area contributed by atoms with Gasteiger partial charge in [0.25, 0.3) is 5.09 Å². The zero-order valence-corrected chi connectivity index (χ0v) is 13.0. The molecule has 2 aromatic carbocycles. The van der Waals surface area contributed by atoms with Gasteiger partial charge in [-0.15, -0.1) is 22.7 Å². The highest BCUT2D eigenvalue weighted by Gasteiger charge is 2.07. The second kappa shape index (κ2) is 9.44. The summed E-state index contributed by atoms with van der Waals surface area (Å²) in [6, 6.07) is 13.7. The van der Waals surface area contributed by atoms with Gasteiger partial charge >= 0.3 is 0 Å². The van der Waals surface area contributed by atoms with Crippen molar-refractivity contribution >= 4 is 18.5 Å². The first kappa shape index (κ1) is 18.5. The molecule has 7 nitrogen and oxygen atoms in total. The number of hydrogen-bond acceptors (Lipinski definition) is 6. The number of hydrogen-bond donors (Lipinski definition) is 3. The number of rotatable bonds is 5. The molecule has 0 saturated carbocycles. The van der Waals surface area contributed by atoms with Gasteiger partial charge in [0.15, 0.2) is 0 Å². The van der Waals surface area contributed by atoms with E-state index in [1.54, 1.807) is 18.2 Å². The molecule has 2 rings (SSSR count). The number of aliphatic hydroxyl groups excluding tert-OH is 1. The quantitative estimate of drug-likeness (QED) is 0.438. The first-order valence-corrected chi connectivity index (χ1v) is 6.92. The summed E-state index contributed by atoms with van der Waals surface area (Å²) < 4.78 is 0. The molecule has 0 saturated heterocycles. The number of carbonyl (C=O) groups is 1. The molecule has 0 aromatic heterocycles. The van der Waals surface area contributed by atoms with Crippen molar-refractivity contribution in [1.82, 2.24) is 0 Å². The van der Waals surface area contributed by atoms with Crippen LogP contribution in [-0.2, 0) is 18.1 Å². The number of nitrogens with zero attached hydrogens (tertiary/aromatic N) is 1. The highest BCUT2D eigenvalue weighted by molar-refractivity contribution is 7.80. The summed E-state index contributed by atoms with van der Waals surface area (Å²) in [6.07, 6.45) is 0. The number of thiol groups is 1. The number of benzene rings is 2. The van der Waals surface area contributed by atoms with Crippen molar-refractivity contribution in [2.24, 2.45) is 5.73 Å². The molecule has 23 heavy (non-hydrogen) atoms. The molecule has 2 aromatic rings. The number of carbonyl (C=O) groups excluding carboxylic acids is 1. The molecule has 0 bridgehead atoms. The van der Waals surface area contributed by atoms with Gasteiger partial charge in [0, 0.05) is 10.5 Å². The molecule has 0 fully saturated rings. The Morgan fingerprint density at radius 2 is 1.83 bits per heavy atom. The largest absolute Gasteiger partial charge is 0.392 e. The van der Waals surface area contributed by atoms with E-state index in [1.807, 2.05) is 24.3 Å². The SMILES string of the molecule is NC(=O)c1ccccc1CO[N+](=O)[O-].OCc1ccc(S)cc1. The average Bonchev–Trinajstić information content (AvgIpc) is 2.54. The van der Waals surface area contributed by atoms with Crippen molar-refractivity contribution in [2.45, 2.75) is 18.1 Å². The van der Waals surface area contributed by atoms with Crippen molar-refractivity contribution in [3.8, 4) is 0 Å². The first-order valence-electron chi connectivity index (χ1n) is 6.47. The topological polar surface area (TPSA) is 116 Å². The van der Waals surface area contributed by atoms with Crippen LogP contribution in [0.1, 0.15) is 21.5 Å². The van der Waals surface area contributed by atoms with Gasteiger partial charge in [-0.05, 0) is 29.3 Å².